The minimum Gasteiger partial charge on any atom is -0.492 e. The molecule has 1 aromatic heterocycles. The Morgan fingerprint density at radius 3 is 2.65 bits per heavy atom. The molecule has 2 aromatic rings. The number of aromatic hydroxyl groups is 1. The molecule has 0 fully saturated rings. The molecule has 0 radical (unpaired) electrons. The van der Waals surface area contributed by atoms with E-state index in [0.717, 1.165) is 28.8 Å². The molecule has 1 heterocycles. The van der Waals surface area contributed by atoms with E-state index in [0.29, 0.717) is 6.42 Å². The maximum Gasteiger partial charge on any atom is 0.232 e. The number of hydrogen-bond donors (Lipinski definition) is 2. The molecule has 2 N–H and O–H groups in total. The zero-order chi connectivity index (χ0) is 12.3. The third-order valence-corrected chi connectivity index (χ3v) is 3.12. The molecule has 0 aliphatic heterocycles. The summed E-state index contributed by atoms with van der Waals surface area (Å²) in [4.78, 5) is 7.31. The molecular weight excluding hydrogens is 280 g/mol. The van der Waals surface area contributed by atoms with E-state index in [4.69, 9.17) is 0 Å². The lowest BCUT2D eigenvalue weighted by Crippen LogP contribution is -1.91. The summed E-state index contributed by atoms with van der Waals surface area (Å²) in [5.41, 5.74) is 2.00. The first kappa shape index (κ1) is 12.2. The largest absolute Gasteiger partial charge is 0.492 e. The van der Waals surface area contributed by atoms with Gasteiger partial charge in [0.25, 0.3) is 0 Å². The second kappa shape index (κ2) is 5.36. The van der Waals surface area contributed by atoms with Crippen LogP contribution < -0.4 is 0 Å². The molecule has 0 unspecified atom stereocenters. The molecule has 3 nitrogen and oxygen atoms in total. The summed E-state index contributed by atoms with van der Waals surface area (Å²) in [6, 6.07) is 8.10. The second-order valence-electron chi connectivity index (χ2n) is 4.04. The lowest BCUT2D eigenvalue weighted by molar-refractivity contribution is 0.448. The van der Waals surface area contributed by atoms with Gasteiger partial charge in [-0.05, 0) is 24.1 Å². The Bertz CT molecular complexity index is 491. The van der Waals surface area contributed by atoms with Gasteiger partial charge < -0.3 is 10.1 Å². The predicted molar refractivity (Wildman–Crippen MR) is 71.2 cm³/mol. The lowest BCUT2D eigenvalue weighted by atomic mass is 10.1. The van der Waals surface area contributed by atoms with Crippen molar-refractivity contribution in [2.75, 3.05) is 0 Å². The lowest BCUT2D eigenvalue weighted by Gasteiger charge is -1.98. The predicted octanol–water partition coefficient (Wildman–Crippen LogP) is 3.42. The topological polar surface area (TPSA) is 48.9 Å². The fraction of sp³-hybridized carbons (Fsp3) is 0.308. The smallest absolute Gasteiger partial charge is 0.232 e. The summed E-state index contributed by atoms with van der Waals surface area (Å²) >= 11 is 3.40. The highest BCUT2D eigenvalue weighted by atomic mass is 79.9. The van der Waals surface area contributed by atoms with Crippen molar-refractivity contribution in [1.82, 2.24) is 9.97 Å². The molecule has 0 bridgehead atoms. The number of aryl methyl sites for hydroxylation is 1. The van der Waals surface area contributed by atoms with Gasteiger partial charge in [0.1, 0.15) is 5.82 Å². The number of nitrogens with one attached hydrogen (secondary N) is 1. The molecule has 1 aromatic carbocycles. The number of H-pyrrole nitrogens is 1. The fourth-order valence-electron chi connectivity index (χ4n) is 1.76. The van der Waals surface area contributed by atoms with Gasteiger partial charge in [-0.15, -0.1) is 0 Å². The van der Waals surface area contributed by atoms with E-state index < -0.39 is 0 Å². The van der Waals surface area contributed by atoms with Crippen LogP contribution in [0.2, 0.25) is 0 Å². The number of rotatable bonds is 4. The number of aromatic nitrogens is 2. The van der Waals surface area contributed by atoms with Crippen molar-refractivity contribution < 1.29 is 5.11 Å². The highest BCUT2D eigenvalue weighted by Gasteiger charge is 2.08. The number of hydrogen-bond acceptors (Lipinski definition) is 2. The molecule has 0 spiro atoms. The molecule has 4 heteroatoms. The second-order valence-corrected chi connectivity index (χ2v) is 4.95. The van der Waals surface area contributed by atoms with Crippen LogP contribution in [-0.4, -0.2) is 15.1 Å². The standard InChI is InChI=1S/C13H15BrN2O/c1-2-3-11-13(17)16-12(15-11)8-9-4-6-10(14)7-5-9/h4-7,17H,2-3,8H2,1H3,(H,15,16). The van der Waals surface area contributed by atoms with Gasteiger partial charge in [-0.2, -0.15) is 4.98 Å². The van der Waals surface area contributed by atoms with Gasteiger partial charge >= 0.3 is 0 Å². The van der Waals surface area contributed by atoms with Gasteiger partial charge in [0.15, 0.2) is 0 Å². The average Bonchev–Trinajstić information content (AvgIpc) is 2.63. The third-order valence-electron chi connectivity index (χ3n) is 2.59. The van der Waals surface area contributed by atoms with E-state index in [1.165, 1.54) is 5.56 Å². The number of benzene rings is 1. The third kappa shape index (κ3) is 3.09. The van der Waals surface area contributed by atoms with Crippen LogP contribution in [-0.2, 0) is 12.8 Å². The van der Waals surface area contributed by atoms with Crippen molar-refractivity contribution in [3.05, 3.63) is 45.8 Å². The molecule has 0 aliphatic carbocycles. The van der Waals surface area contributed by atoms with Crippen molar-refractivity contribution in [2.45, 2.75) is 26.2 Å². The molecule has 17 heavy (non-hydrogen) atoms. The summed E-state index contributed by atoms with van der Waals surface area (Å²) in [6.07, 6.45) is 2.54. The summed E-state index contributed by atoms with van der Waals surface area (Å²) in [6.45, 7) is 2.08. The van der Waals surface area contributed by atoms with Gasteiger partial charge in [0.2, 0.25) is 5.88 Å². The van der Waals surface area contributed by atoms with E-state index >= 15 is 0 Å². The Balaban J connectivity index is 2.13. The minimum atomic E-state index is 0.138. The van der Waals surface area contributed by atoms with Crippen LogP contribution in [0.4, 0.5) is 0 Å². The molecule has 0 saturated heterocycles. The quantitative estimate of drug-likeness (QED) is 0.908. The Morgan fingerprint density at radius 1 is 1.29 bits per heavy atom. The Hall–Kier alpha value is -1.29. The summed E-state index contributed by atoms with van der Waals surface area (Å²) < 4.78 is 1.07. The first-order chi connectivity index (χ1) is 8.19. The van der Waals surface area contributed by atoms with E-state index in [9.17, 15) is 5.11 Å². The van der Waals surface area contributed by atoms with E-state index in [-0.39, 0.29) is 5.88 Å². The highest BCUT2D eigenvalue weighted by Crippen LogP contribution is 2.18. The molecule has 0 aliphatic rings. The fourth-order valence-corrected chi connectivity index (χ4v) is 2.02. The maximum atomic E-state index is 9.63. The summed E-state index contributed by atoms with van der Waals surface area (Å²) in [5.74, 6) is 0.951. The highest BCUT2D eigenvalue weighted by molar-refractivity contribution is 9.10. The van der Waals surface area contributed by atoms with Crippen LogP contribution in [0, 0.1) is 0 Å². The number of imidazole rings is 1. The number of aromatic amines is 1. The monoisotopic (exact) mass is 294 g/mol. The zero-order valence-corrected chi connectivity index (χ0v) is 11.3. The summed E-state index contributed by atoms with van der Waals surface area (Å²) in [5, 5.41) is 9.63. The van der Waals surface area contributed by atoms with Gasteiger partial charge in [-0.1, -0.05) is 41.4 Å². The van der Waals surface area contributed by atoms with E-state index in [1.54, 1.807) is 0 Å². The molecule has 0 amide bonds. The van der Waals surface area contributed by atoms with Crippen LogP contribution in [0.1, 0.15) is 30.4 Å². The maximum absolute atomic E-state index is 9.63. The minimum absolute atomic E-state index is 0.138. The van der Waals surface area contributed by atoms with Crippen molar-refractivity contribution in [3.8, 4) is 5.88 Å². The van der Waals surface area contributed by atoms with Crippen molar-refractivity contribution in [2.24, 2.45) is 0 Å². The SMILES string of the molecule is CCCc1[nH]c(Cc2ccc(Br)cc2)nc1O. The zero-order valence-electron chi connectivity index (χ0n) is 9.70. The number of nitrogens with zero attached hydrogens (tertiary/aromatic N) is 1. The van der Waals surface area contributed by atoms with Crippen molar-refractivity contribution in [1.29, 1.82) is 0 Å². The van der Waals surface area contributed by atoms with Crippen LogP contribution >= 0.6 is 15.9 Å². The first-order valence-electron chi connectivity index (χ1n) is 5.70. The number of halogens is 1. The molecule has 0 atom stereocenters. The van der Waals surface area contributed by atoms with Crippen LogP contribution in [0.15, 0.2) is 28.7 Å². The molecular formula is C13H15BrN2O. The molecule has 90 valence electrons. The van der Waals surface area contributed by atoms with Gasteiger partial charge in [-0.3, -0.25) is 0 Å². The Labute approximate surface area is 109 Å². The van der Waals surface area contributed by atoms with Crippen LogP contribution in [0.5, 0.6) is 5.88 Å². The normalized spacial score (nSPS) is 10.7. The van der Waals surface area contributed by atoms with Crippen molar-refractivity contribution in [3.63, 3.8) is 0 Å². The van der Waals surface area contributed by atoms with E-state index in [1.807, 2.05) is 24.3 Å². The van der Waals surface area contributed by atoms with E-state index in [2.05, 4.69) is 32.8 Å². The van der Waals surface area contributed by atoms with Gasteiger partial charge in [-0.25, -0.2) is 0 Å². The Morgan fingerprint density at radius 2 is 2.00 bits per heavy atom. The van der Waals surface area contributed by atoms with Gasteiger partial charge in [0.05, 0.1) is 5.69 Å². The van der Waals surface area contributed by atoms with Crippen LogP contribution in [0.3, 0.4) is 0 Å². The molecule has 2 rings (SSSR count). The summed E-state index contributed by atoms with van der Waals surface area (Å²) in [7, 11) is 0. The average molecular weight is 295 g/mol. The molecule has 0 saturated carbocycles. The Kier molecular flexibility index (Phi) is 3.84. The first-order valence-corrected chi connectivity index (χ1v) is 6.49. The van der Waals surface area contributed by atoms with Crippen LogP contribution in [0.25, 0.3) is 0 Å². The van der Waals surface area contributed by atoms with Crippen molar-refractivity contribution >= 4 is 15.9 Å². The van der Waals surface area contributed by atoms with Gasteiger partial charge in [0, 0.05) is 10.9 Å².